The molecule has 0 fully saturated rings. The zero-order valence-corrected chi connectivity index (χ0v) is 17.0. The number of rotatable bonds is 6. The van der Waals surface area contributed by atoms with Crippen molar-refractivity contribution in [2.45, 2.75) is 20.0 Å². The van der Waals surface area contributed by atoms with Gasteiger partial charge in [0.1, 0.15) is 17.1 Å². The molecule has 6 heteroatoms. The molecule has 3 aromatic carbocycles. The van der Waals surface area contributed by atoms with Crippen LogP contribution in [0.2, 0.25) is 0 Å². The first-order valence-electron chi connectivity index (χ1n) is 9.82. The SMILES string of the molecule is CC(C)Oc1ccc(C(=O)Nc2c(C(=O)c3ccc(F)cc3)oc3ccccc23)cc1. The molecule has 0 saturated carbocycles. The number of nitrogens with one attached hydrogen (secondary N) is 1. The number of anilines is 1. The molecular weight excluding hydrogens is 397 g/mol. The van der Waals surface area contributed by atoms with Gasteiger partial charge < -0.3 is 14.5 Å². The van der Waals surface area contributed by atoms with Gasteiger partial charge in [-0.05, 0) is 74.5 Å². The van der Waals surface area contributed by atoms with Crippen molar-refractivity contribution in [3.63, 3.8) is 0 Å². The lowest BCUT2D eigenvalue weighted by Crippen LogP contribution is -2.14. The van der Waals surface area contributed by atoms with Crippen LogP contribution in [-0.4, -0.2) is 17.8 Å². The van der Waals surface area contributed by atoms with Crippen LogP contribution in [0.25, 0.3) is 11.0 Å². The number of halogens is 1. The predicted molar refractivity (Wildman–Crippen MR) is 116 cm³/mol. The lowest BCUT2D eigenvalue weighted by Gasteiger charge is -2.10. The second kappa shape index (κ2) is 8.44. The summed E-state index contributed by atoms with van der Waals surface area (Å²) in [6.45, 7) is 3.84. The number of para-hydroxylation sites is 1. The fraction of sp³-hybridized carbons (Fsp3) is 0.120. The highest BCUT2D eigenvalue weighted by Crippen LogP contribution is 2.33. The van der Waals surface area contributed by atoms with Crippen LogP contribution in [0.1, 0.15) is 40.3 Å². The van der Waals surface area contributed by atoms with E-state index in [4.69, 9.17) is 9.15 Å². The first-order chi connectivity index (χ1) is 14.9. The topological polar surface area (TPSA) is 68.5 Å². The molecule has 4 aromatic rings. The number of ketones is 1. The van der Waals surface area contributed by atoms with Gasteiger partial charge in [0.2, 0.25) is 5.78 Å². The Kier molecular flexibility index (Phi) is 5.54. The van der Waals surface area contributed by atoms with E-state index in [-0.39, 0.29) is 23.1 Å². The highest BCUT2D eigenvalue weighted by atomic mass is 19.1. The Bertz CT molecular complexity index is 1240. The third-order valence-corrected chi connectivity index (χ3v) is 4.63. The Hall–Kier alpha value is -3.93. The predicted octanol–water partition coefficient (Wildman–Crippen LogP) is 5.84. The van der Waals surface area contributed by atoms with Gasteiger partial charge in [-0.3, -0.25) is 9.59 Å². The van der Waals surface area contributed by atoms with Crippen LogP contribution in [0.15, 0.2) is 77.2 Å². The van der Waals surface area contributed by atoms with E-state index in [1.807, 2.05) is 13.8 Å². The molecule has 0 aliphatic carbocycles. The molecule has 1 amide bonds. The van der Waals surface area contributed by atoms with Crippen molar-refractivity contribution in [2.24, 2.45) is 0 Å². The fourth-order valence-corrected chi connectivity index (χ4v) is 3.20. The smallest absolute Gasteiger partial charge is 0.255 e. The van der Waals surface area contributed by atoms with Crippen molar-refractivity contribution in [1.29, 1.82) is 0 Å². The average molecular weight is 417 g/mol. The summed E-state index contributed by atoms with van der Waals surface area (Å²) in [5.41, 5.74) is 1.40. The second-order valence-corrected chi connectivity index (χ2v) is 7.28. The Morgan fingerprint density at radius 1 is 0.903 bits per heavy atom. The molecule has 5 nitrogen and oxygen atoms in total. The highest BCUT2D eigenvalue weighted by Gasteiger charge is 2.23. The molecule has 31 heavy (non-hydrogen) atoms. The monoisotopic (exact) mass is 417 g/mol. The zero-order chi connectivity index (χ0) is 22.0. The number of carbonyl (C=O) groups excluding carboxylic acids is 2. The lowest BCUT2D eigenvalue weighted by molar-refractivity contribution is 0.101. The molecule has 1 N–H and O–H groups in total. The van der Waals surface area contributed by atoms with Gasteiger partial charge in [-0.2, -0.15) is 0 Å². The summed E-state index contributed by atoms with van der Waals surface area (Å²) in [6.07, 6.45) is 0.0250. The number of hydrogen-bond donors (Lipinski definition) is 1. The Morgan fingerprint density at radius 3 is 2.23 bits per heavy atom. The fourth-order valence-electron chi connectivity index (χ4n) is 3.20. The van der Waals surface area contributed by atoms with Gasteiger partial charge in [0, 0.05) is 16.5 Å². The molecule has 156 valence electrons. The normalized spacial score (nSPS) is 11.0. The van der Waals surface area contributed by atoms with E-state index >= 15 is 0 Å². The quantitative estimate of drug-likeness (QED) is 0.400. The van der Waals surface area contributed by atoms with Gasteiger partial charge in [-0.1, -0.05) is 12.1 Å². The van der Waals surface area contributed by atoms with E-state index in [0.29, 0.717) is 22.3 Å². The number of carbonyl (C=O) groups is 2. The summed E-state index contributed by atoms with van der Waals surface area (Å²) in [6, 6.07) is 18.9. The van der Waals surface area contributed by atoms with Crippen LogP contribution < -0.4 is 10.1 Å². The molecule has 0 saturated heterocycles. The van der Waals surface area contributed by atoms with Crippen LogP contribution in [0, 0.1) is 5.82 Å². The average Bonchev–Trinajstić information content (AvgIpc) is 3.12. The lowest BCUT2D eigenvalue weighted by atomic mass is 10.1. The molecule has 0 atom stereocenters. The third-order valence-electron chi connectivity index (χ3n) is 4.63. The van der Waals surface area contributed by atoms with Gasteiger partial charge >= 0.3 is 0 Å². The van der Waals surface area contributed by atoms with Gasteiger partial charge in [0.25, 0.3) is 5.91 Å². The second-order valence-electron chi connectivity index (χ2n) is 7.28. The molecule has 0 aliphatic heterocycles. The molecule has 0 aliphatic rings. The zero-order valence-electron chi connectivity index (χ0n) is 17.0. The molecule has 0 radical (unpaired) electrons. The number of benzene rings is 3. The van der Waals surface area contributed by atoms with Crippen molar-refractivity contribution in [2.75, 3.05) is 5.32 Å². The van der Waals surface area contributed by atoms with Crippen LogP contribution in [-0.2, 0) is 0 Å². The van der Waals surface area contributed by atoms with Crippen molar-refractivity contribution in [1.82, 2.24) is 0 Å². The summed E-state index contributed by atoms with van der Waals surface area (Å²) < 4.78 is 24.6. The summed E-state index contributed by atoms with van der Waals surface area (Å²) in [7, 11) is 0. The van der Waals surface area contributed by atoms with Crippen LogP contribution in [0.5, 0.6) is 5.75 Å². The van der Waals surface area contributed by atoms with Crippen LogP contribution >= 0.6 is 0 Å². The van der Waals surface area contributed by atoms with E-state index in [1.165, 1.54) is 24.3 Å². The van der Waals surface area contributed by atoms with Crippen LogP contribution in [0.4, 0.5) is 10.1 Å². The van der Waals surface area contributed by atoms with Crippen molar-refractivity contribution in [3.8, 4) is 5.75 Å². The van der Waals surface area contributed by atoms with Gasteiger partial charge in [0.15, 0.2) is 5.76 Å². The molecular formula is C25H20FNO4. The summed E-state index contributed by atoms with van der Waals surface area (Å²) in [5.74, 6) is -0.643. The number of fused-ring (bicyclic) bond motifs is 1. The molecule has 0 unspecified atom stereocenters. The standard InChI is InChI=1S/C25H20FNO4/c1-15(2)30-19-13-9-17(10-14-19)25(29)27-22-20-5-3-4-6-21(20)31-24(22)23(28)16-7-11-18(26)12-8-16/h3-15H,1-2H3,(H,27,29). The maximum absolute atomic E-state index is 13.3. The Morgan fingerprint density at radius 2 is 1.55 bits per heavy atom. The highest BCUT2D eigenvalue weighted by molar-refractivity contribution is 6.18. The first-order valence-corrected chi connectivity index (χ1v) is 9.82. The summed E-state index contributed by atoms with van der Waals surface area (Å²) in [4.78, 5) is 25.9. The Labute approximate surface area is 178 Å². The first kappa shape index (κ1) is 20.3. The van der Waals surface area contributed by atoms with E-state index < -0.39 is 17.5 Å². The van der Waals surface area contributed by atoms with E-state index in [9.17, 15) is 14.0 Å². The molecule has 0 bridgehead atoms. The minimum absolute atomic E-state index is 0.0130. The minimum Gasteiger partial charge on any atom is -0.491 e. The molecule has 1 aromatic heterocycles. The molecule has 1 heterocycles. The summed E-state index contributed by atoms with van der Waals surface area (Å²) >= 11 is 0. The number of ether oxygens (including phenoxy) is 1. The van der Waals surface area contributed by atoms with E-state index in [0.717, 1.165) is 0 Å². The van der Waals surface area contributed by atoms with Crippen LogP contribution in [0.3, 0.4) is 0 Å². The number of amides is 1. The van der Waals surface area contributed by atoms with E-state index in [1.54, 1.807) is 48.5 Å². The van der Waals surface area contributed by atoms with Crippen molar-refractivity contribution < 1.29 is 23.1 Å². The maximum Gasteiger partial charge on any atom is 0.255 e. The Balaban J connectivity index is 1.68. The van der Waals surface area contributed by atoms with Crippen molar-refractivity contribution >= 4 is 28.3 Å². The molecule has 4 rings (SSSR count). The molecule has 0 spiro atoms. The third kappa shape index (κ3) is 4.33. The van der Waals surface area contributed by atoms with Gasteiger partial charge in [-0.25, -0.2) is 4.39 Å². The largest absolute Gasteiger partial charge is 0.491 e. The number of furan rings is 1. The van der Waals surface area contributed by atoms with Gasteiger partial charge in [-0.15, -0.1) is 0 Å². The van der Waals surface area contributed by atoms with E-state index in [2.05, 4.69) is 5.32 Å². The summed E-state index contributed by atoms with van der Waals surface area (Å²) in [5, 5.41) is 3.40. The number of hydrogen-bond acceptors (Lipinski definition) is 4. The maximum atomic E-state index is 13.3. The van der Waals surface area contributed by atoms with Crippen molar-refractivity contribution in [3.05, 3.63) is 95.5 Å². The van der Waals surface area contributed by atoms with Gasteiger partial charge in [0.05, 0.1) is 11.8 Å². The minimum atomic E-state index is -0.452.